The van der Waals surface area contributed by atoms with Crippen LogP contribution in [0.4, 0.5) is 5.69 Å². The van der Waals surface area contributed by atoms with Crippen LogP contribution in [0.15, 0.2) is 22.7 Å². The molecule has 0 aliphatic carbocycles. The zero-order chi connectivity index (χ0) is 13.9. The minimum absolute atomic E-state index is 0.0299. The van der Waals surface area contributed by atoms with Crippen molar-refractivity contribution in [3.05, 3.63) is 38.3 Å². The quantitative estimate of drug-likeness (QED) is 0.669. The van der Waals surface area contributed by atoms with Gasteiger partial charge < -0.3 is 5.11 Å². The monoisotopic (exact) mass is 316 g/mol. The van der Waals surface area contributed by atoms with E-state index >= 15 is 0 Å². The molecule has 1 rings (SSSR count). The van der Waals surface area contributed by atoms with Gasteiger partial charge in [-0.05, 0) is 48.5 Å². The lowest BCUT2D eigenvalue weighted by Gasteiger charge is -2.33. The number of hydrogen-bond acceptors (Lipinski definition) is 4. The molecule has 0 saturated heterocycles. The minimum Gasteiger partial charge on any atom is -0.394 e. The first-order chi connectivity index (χ1) is 8.27. The number of benzene rings is 1. The van der Waals surface area contributed by atoms with Crippen LogP contribution in [0, 0.1) is 10.1 Å². The molecule has 0 radical (unpaired) electrons. The maximum Gasteiger partial charge on any atom is 0.283 e. The summed E-state index contributed by atoms with van der Waals surface area (Å²) in [7, 11) is 1.88. The summed E-state index contributed by atoms with van der Waals surface area (Å²) >= 11 is 3.16. The highest BCUT2D eigenvalue weighted by atomic mass is 79.9. The van der Waals surface area contributed by atoms with Crippen LogP contribution in [0.5, 0.6) is 0 Å². The van der Waals surface area contributed by atoms with Crippen LogP contribution in [0.25, 0.3) is 0 Å². The van der Waals surface area contributed by atoms with Crippen LogP contribution in [0.3, 0.4) is 0 Å². The third kappa shape index (κ3) is 3.51. The fourth-order valence-electron chi connectivity index (χ4n) is 1.41. The van der Waals surface area contributed by atoms with Crippen LogP contribution in [-0.2, 0) is 6.54 Å². The maximum absolute atomic E-state index is 10.8. The second-order valence-corrected chi connectivity index (χ2v) is 5.72. The minimum atomic E-state index is -0.412. The summed E-state index contributed by atoms with van der Waals surface area (Å²) in [4.78, 5) is 12.4. The van der Waals surface area contributed by atoms with Crippen molar-refractivity contribution in [2.75, 3.05) is 13.7 Å². The summed E-state index contributed by atoms with van der Waals surface area (Å²) in [5, 5.41) is 20.1. The average molecular weight is 317 g/mol. The van der Waals surface area contributed by atoms with E-state index < -0.39 is 4.92 Å². The molecule has 0 unspecified atom stereocenters. The SMILES string of the molecule is CN(Cc1ccc(Br)c([N+](=O)[O-])c1)C(C)(C)CO. The van der Waals surface area contributed by atoms with Crippen molar-refractivity contribution in [1.82, 2.24) is 4.90 Å². The molecule has 0 fully saturated rings. The summed E-state index contributed by atoms with van der Waals surface area (Å²) < 4.78 is 0.473. The number of hydrogen-bond donors (Lipinski definition) is 1. The summed E-state index contributed by atoms with van der Waals surface area (Å²) in [6.45, 7) is 4.41. The molecule has 0 aliphatic rings. The Hall–Kier alpha value is -0.980. The van der Waals surface area contributed by atoms with E-state index in [-0.39, 0.29) is 17.8 Å². The smallest absolute Gasteiger partial charge is 0.283 e. The van der Waals surface area contributed by atoms with Crippen LogP contribution < -0.4 is 0 Å². The molecule has 0 amide bonds. The van der Waals surface area contributed by atoms with Gasteiger partial charge in [0.15, 0.2) is 0 Å². The summed E-state index contributed by atoms with van der Waals surface area (Å²) in [5.74, 6) is 0. The molecule has 18 heavy (non-hydrogen) atoms. The average Bonchev–Trinajstić information content (AvgIpc) is 2.31. The number of aliphatic hydroxyl groups is 1. The van der Waals surface area contributed by atoms with Crippen molar-refractivity contribution in [1.29, 1.82) is 0 Å². The second-order valence-electron chi connectivity index (χ2n) is 4.87. The predicted molar refractivity (Wildman–Crippen MR) is 73.4 cm³/mol. The standard InChI is InChI=1S/C12H17BrN2O3/c1-12(2,8-16)14(3)7-9-4-5-10(13)11(6-9)15(17)18/h4-6,16H,7-8H2,1-3H3. The Morgan fingerprint density at radius 3 is 2.61 bits per heavy atom. The van der Waals surface area contributed by atoms with Gasteiger partial charge >= 0.3 is 0 Å². The summed E-state index contributed by atoms with van der Waals surface area (Å²) in [5.41, 5.74) is 0.540. The van der Waals surface area contributed by atoms with Gasteiger partial charge in [-0.25, -0.2) is 0 Å². The molecular formula is C12H17BrN2O3. The molecule has 1 aromatic carbocycles. The summed E-state index contributed by atoms with van der Waals surface area (Å²) in [6, 6.07) is 5.06. The van der Waals surface area contributed by atoms with Crippen LogP contribution in [0.1, 0.15) is 19.4 Å². The van der Waals surface area contributed by atoms with Gasteiger partial charge in [0.2, 0.25) is 0 Å². The fraction of sp³-hybridized carbons (Fsp3) is 0.500. The van der Waals surface area contributed by atoms with Crippen molar-refractivity contribution in [2.45, 2.75) is 25.9 Å². The third-order valence-corrected chi connectivity index (χ3v) is 3.72. The Balaban J connectivity index is 2.93. The number of halogens is 1. The zero-order valence-corrected chi connectivity index (χ0v) is 12.3. The fourth-order valence-corrected chi connectivity index (χ4v) is 1.80. The molecule has 1 N–H and O–H groups in total. The van der Waals surface area contributed by atoms with Crippen LogP contribution in [-0.4, -0.2) is 34.1 Å². The van der Waals surface area contributed by atoms with Gasteiger partial charge in [0.1, 0.15) is 0 Å². The number of aliphatic hydroxyl groups excluding tert-OH is 1. The van der Waals surface area contributed by atoms with Gasteiger partial charge in [-0.15, -0.1) is 0 Å². The van der Waals surface area contributed by atoms with E-state index in [0.29, 0.717) is 11.0 Å². The van der Waals surface area contributed by atoms with Crippen molar-refractivity contribution in [3.63, 3.8) is 0 Å². The lowest BCUT2D eigenvalue weighted by molar-refractivity contribution is -0.385. The normalized spacial score (nSPS) is 11.9. The van der Waals surface area contributed by atoms with E-state index in [0.717, 1.165) is 5.56 Å². The Bertz CT molecular complexity index is 449. The molecule has 100 valence electrons. The molecule has 0 bridgehead atoms. The Morgan fingerprint density at radius 1 is 1.50 bits per heavy atom. The third-order valence-electron chi connectivity index (χ3n) is 3.05. The Labute approximate surface area is 115 Å². The molecule has 1 aromatic rings. The molecular weight excluding hydrogens is 300 g/mol. The lowest BCUT2D eigenvalue weighted by atomic mass is 10.0. The Morgan fingerprint density at radius 2 is 2.11 bits per heavy atom. The van der Waals surface area contributed by atoms with Gasteiger partial charge in [-0.3, -0.25) is 15.0 Å². The maximum atomic E-state index is 10.8. The molecule has 0 aromatic heterocycles. The number of rotatable bonds is 5. The number of nitrogens with zero attached hydrogens (tertiary/aromatic N) is 2. The van der Waals surface area contributed by atoms with Gasteiger partial charge in [0.25, 0.3) is 5.69 Å². The van der Waals surface area contributed by atoms with E-state index in [4.69, 9.17) is 0 Å². The Kier molecular flexibility index (Phi) is 4.84. The van der Waals surface area contributed by atoms with Gasteiger partial charge in [-0.2, -0.15) is 0 Å². The van der Waals surface area contributed by atoms with E-state index in [2.05, 4.69) is 15.9 Å². The van der Waals surface area contributed by atoms with Gasteiger partial charge in [0, 0.05) is 18.2 Å². The second kappa shape index (κ2) is 5.77. The van der Waals surface area contributed by atoms with Crippen molar-refractivity contribution < 1.29 is 10.0 Å². The molecule has 0 heterocycles. The molecule has 0 aliphatic heterocycles. The number of nitro benzene ring substituents is 1. The predicted octanol–water partition coefficient (Wildman–Crippen LogP) is 2.56. The van der Waals surface area contributed by atoms with Crippen LogP contribution in [0.2, 0.25) is 0 Å². The van der Waals surface area contributed by atoms with E-state index in [9.17, 15) is 15.2 Å². The molecule has 5 nitrogen and oxygen atoms in total. The van der Waals surface area contributed by atoms with Crippen molar-refractivity contribution >= 4 is 21.6 Å². The van der Waals surface area contributed by atoms with Crippen LogP contribution >= 0.6 is 15.9 Å². The topological polar surface area (TPSA) is 66.6 Å². The molecule has 0 spiro atoms. The lowest BCUT2D eigenvalue weighted by Crippen LogP contribution is -2.43. The first-order valence-corrected chi connectivity index (χ1v) is 6.32. The number of likely N-dealkylation sites (N-methyl/N-ethyl adjacent to an activating group) is 1. The highest BCUT2D eigenvalue weighted by Crippen LogP contribution is 2.26. The zero-order valence-electron chi connectivity index (χ0n) is 10.7. The molecule has 6 heteroatoms. The summed E-state index contributed by atoms with van der Waals surface area (Å²) in [6.07, 6.45) is 0. The van der Waals surface area contributed by atoms with E-state index in [1.165, 1.54) is 0 Å². The largest absolute Gasteiger partial charge is 0.394 e. The first kappa shape index (κ1) is 15.1. The van der Waals surface area contributed by atoms with E-state index in [1.807, 2.05) is 31.9 Å². The molecule has 0 saturated carbocycles. The van der Waals surface area contributed by atoms with E-state index in [1.54, 1.807) is 12.1 Å². The van der Waals surface area contributed by atoms with Crippen molar-refractivity contribution in [2.24, 2.45) is 0 Å². The highest BCUT2D eigenvalue weighted by Gasteiger charge is 2.23. The number of nitro groups is 1. The van der Waals surface area contributed by atoms with Crippen molar-refractivity contribution in [3.8, 4) is 0 Å². The molecule has 0 atom stereocenters. The highest BCUT2D eigenvalue weighted by molar-refractivity contribution is 9.10. The van der Waals surface area contributed by atoms with Gasteiger partial charge in [-0.1, -0.05) is 6.07 Å². The van der Waals surface area contributed by atoms with Gasteiger partial charge in [0.05, 0.1) is 16.0 Å². The first-order valence-electron chi connectivity index (χ1n) is 5.53.